The van der Waals surface area contributed by atoms with E-state index in [1.807, 2.05) is 77.1 Å². The highest BCUT2D eigenvalue weighted by molar-refractivity contribution is 7.90. The van der Waals surface area contributed by atoms with Crippen molar-refractivity contribution in [3.63, 3.8) is 0 Å². The Kier molecular flexibility index (Phi) is 11.1. The van der Waals surface area contributed by atoms with Gasteiger partial charge in [-0.2, -0.15) is 12.7 Å². The molecule has 0 aliphatic carbocycles. The maximum atomic E-state index is 13.9. The van der Waals surface area contributed by atoms with Gasteiger partial charge in [0.1, 0.15) is 12.6 Å². The third-order valence-corrected chi connectivity index (χ3v) is 8.33. The maximum absolute atomic E-state index is 13.9. The van der Waals surface area contributed by atoms with Crippen molar-refractivity contribution >= 4 is 27.7 Å². The van der Waals surface area contributed by atoms with Gasteiger partial charge in [-0.25, -0.2) is 4.31 Å². The summed E-state index contributed by atoms with van der Waals surface area (Å²) in [6.45, 7) is 9.35. The Hall–Kier alpha value is -2.91. The molecular weight excluding hydrogens is 488 g/mol. The Bertz CT molecular complexity index is 1150. The summed E-state index contributed by atoms with van der Waals surface area (Å²) in [5.41, 5.74) is 3.10. The molecule has 0 heterocycles. The van der Waals surface area contributed by atoms with Gasteiger partial charge in [-0.1, -0.05) is 56.3 Å². The lowest BCUT2D eigenvalue weighted by Gasteiger charge is -2.34. The van der Waals surface area contributed by atoms with Crippen molar-refractivity contribution in [2.45, 2.75) is 66.0 Å². The molecule has 8 nitrogen and oxygen atoms in total. The molecule has 0 aliphatic rings. The number of carbonyl (C=O) groups excluding carboxylic acids is 2. The zero-order valence-electron chi connectivity index (χ0n) is 23.2. The van der Waals surface area contributed by atoms with E-state index in [4.69, 9.17) is 0 Å². The second-order valence-electron chi connectivity index (χ2n) is 9.65. The van der Waals surface area contributed by atoms with Crippen molar-refractivity contribution < 1.29 is 18.0 Å². The molecular formula is C28H42N4O4S. The Labute approximate surface area is 222 Å². The summed E-state index contributed by atoms with van der Waals surface area (Å²) in [5.74, 6) is -0.652. The van der Waals surface area contributed by atoms with E-state index < -0.39 is 28.7 Å². The van der Waals surface area contributed by atoms with Crippen LogP contribution in [0.15, 0.2) is 48.5 Å². The molecule has 0 spiro atoms. The van der Waals surface area contributed by atoms with Gasteiger partial charge in [0.15, 0.2) is 0 Å². The highest BCUT2D eigenvalue weighted by Gasteiger charge is 2.34. The fraction of sp³-hybridized carbons (Fsp3) is 0.500. The van der Waals surface area contributed by atoms with E-state index >= 15 is 0 Å². The smallest absolute Gasteiger partial charge is 0.304 e. The van der Waals surface area contributed by atoms with Crippen LogP contribution < -0.4 is 9.62 Å². The van der Waals surface area contributed by atoms with Crippen molar-refractivity contribution in [1.82, 2.24) is 14.5 Å². The second-order valence-corrected chi connectivity index (χ2v) is 11.7. The van der Waals surface area contributed by atoms with E-state index in [0.717, 1.165) is 31.7 Å². The quantitative estimate of drug-likeness (QED) is 0.428. The van der Waals surface area contributed by atoms with Crippen LogP contribution in [0.5, 0.6) is 0 Å². The van der Waals surface area contributed by atoms with E-state index in [2.05, 4.69) is 5.32 Å². The summed E-state index contributed by atoms with van der Waals surface area (Å²) in [5, 5.41) is 2.99. The number of hydrogen-bond acceptors (Lipinski definition) is 4. The van der Waals surface area contributed by atoms with Gasteiger partial charge in [0.25, 0.3) is 0 Å². The summed E-state index contributed by atoms with van der Waals surface area (Å²) >= 11 is 0. The van der Waals surface area contributed by atoms with Crippen molar-refractivity contribution in [3.8, 4) is 0 Å². The maximum Gasteiger partial charge on any atom is 0.304 e. The van der Waals surface area contributed by atoms with E-state index in [9.17, 15) is 18.0 Å². The molecule has 37 heavy (non-hydrogen) atoms. The van der Waals surface area contributed by atoms with Gasteiger partial charge in [-0.05, 0) is 62.8 Å². The minimum Gasteiger partial charge on any atom is -0.352 e. The number of benzene rings is 2. The lowest BCUT2D eigenvalue weighted by molar-refractivity contribution is -0.139. The van der Waals surface area contributed by atoms with E-state index in [0.29, 0.717) is 18.5 Å². The van der Waals surface area contributed by atoms with Gasteiger partial charge in [0.2, 0.25) is 11.8 Å². The predicted octanol–water partition coefficient (Wildman–Crippen LogP) is 3.68. The summed E-state index contributed by atoms with van der Waals surface area (Å²) in [6, 6.07) is 14.5. The highest BCUT2D eigenvalue weighted by atomic mass is 32.2. The van der Waals surface area contributed by atoms with Gasteiger partial charge < -0.3 is 10.2 Å². The second kappa shape index (κ2) is 13.6. The molecule has 2 atom stereocenters. The molecule has 2 amide bonds. The minimum atomic E-state index is -3.98. The molecule has 0 saturated heterocycles. The van der Waals surface area contributed by atoms with Crippen LogP contribution in [0.25, 0.3) is 0 Å². The van der Waals surface area contributed by atoms with Crippen molar-refractivity contribution in [3.05, 3.63) is 65.2 Å². The van der Waals surface area contributed by atoms with E-state index in [1.54, 1.807) is 6.07 Å². The van der Waals surface area contributed by atoms with Gasteiger partial charge in [0.05, 0.1) is 5.69 Å². The van der Waals surface area contributed by atoms with Crippen LogP contribution in [0.3, 0.4) is 0 Å². The SMILES string of the molecule is CC[C@H](C(=O)N[C@@H](C)CC)N(CCc1ccccc1)C(=O)CN(c1cc(C)ccc1C)S(=O)(=O)N(C)C. The first kappa shape index (κ1) is 30.3. The van der Waals surface area contributed by atoms with E-state index in [-0.39, 0.29) is 18.5 Å². The number of amides is 2. The van der Waals surface area contributed by atoms with Crippen LogP contribution in [0.1, 0.15) is 50.3 Å². The lowest BCUT2D eigenvalue weighted by Crippen LogP contribution is -2.55. The molecule has 204 valence electrons. The standard InChI is InChI=1S/C28H42N4O4S/c1-8-23(5)29-28(34)25(9-2)31(18-17-24-13-11-10-12-14-24)27(33)20-32(37(35,36)30(6)7)26-19-21(3)15-16-22(26)4/h10-16,19,23,25H,8-9,17-18,20H2,1-7H3,(H,29,34)/t23-,25+/m0/s1. The monoisotopic (exact) mass is 530 g/mol. The van der Waals surface area contributed by atoms with Crippen LogP contribution in [0, 0.1) is 13.8 Å². The number of nitrogens with zero attached hydrogens (tertiary/aromatic N) is 3. The van der Waals surface area contributed by atoms with Crippen LogP contribution in [-0.4, -0.2) is 68.7 Å². The first-order valence-corrected chi connectivity index (χ1v) is 14.2. The fourth-order valence-corrected chi connectivity index (χ4v) is 5.14. The third kappa shape index (κ3) is 8.04. The zero-order valence-corrected chi connectivity index (χ0v) is 24.0. The fourth-order valence-electron chi connectivity index (χ4n) is 4.03. The van der Waals surface area contributed by atoms with Gasteiger partial charge >= 0.3 is 10.2 Å². The molecule has 0 radical (unpaired) electrons. The van der Waals surface area contributed by atoms with Gasteiger partial charge in [-0.15, -0.1) is 0 Å². The molecule has 2 aromatic carbocycles. The molecule has 0 unspecified atom stereocenters. The molecule has 0 aromatic heterocycles. The van der Waals surface area contributed by atoms with Crippen LogP contribution in [-0.2, 0) is 26.2 Å². The molecule has 0 saturated carbocycles. The minimum absolute atomic E-state index is 0.0341. The normalized spacial score (nSPS) is 13.2. The van der Waals surface area contributed by atoms with Gasteiger partial charge in [0, 0.05) is 26.7 Å². The summed E-state index contributed by atoms with van der Waals surface area (Å²) < 4.78 is 29.0. The first-order valence-electron chi connectivity index (χ1n) is 12.8. The predicted molar refractivity (Wildman–Crippen MR) is 150 cm³/mol. The van der Waals surface area contributed by atoms with Crippen molar-refractivity contribution in [2.75, 3.05) is 31.5 Å². The average molecular weight is 531 g/mol. The first-order chi connectivity index (χ1) is 17.4. The van der Waals surface area contributed by atoms with Crippen LogP contribution in [0.2, 0.25) is 0 Å². The average Bonchev–Trinajstić information content (AvgIpc) is 2.86. The lowest BCUT2D eigenvalue weighted by atomic mass is 10.1. The molecule has 2 aromatic rings. The molecule has 0 bridgehead atoms. The molecule has 2 rings (SSSR count). The molecule has 0 fully saturated rings. The largest absolute Gasteiger partial charge is 0.352 e. The highest BCUT2D eigenvalue weighted by Crippen LogP contribution is 2.26. The molecule has 0 aliphatic heterocycles. The number of nitrogens with one attached hydrogen (secondary N) is 1. The Morgan fingerprint density at radius 3 is 2.19 bits per heavy atom. The van der Waals surface area contributed by atoms with Crippen LogP contribution in [0.4, 0.5) is 5.69 Å². The number of rotatable bonds is 13. The number of aryl methyl sites for hydroxylation is 2. The number of carbonyl (C=O) groups is 2. The number of hydrogen-bond donors (Lipinski definition) is 1. The summed E-state index contributed by atoms with van der Waals surface area (Å²) in [6.07, 6.45) is 1.72. The summed E-state index contributed by atoms with van der Waals surface area (Å²) in [7, 11) is -1.10. The van der Waals surface area contributed by atoms with Crippen LogP contribution >= 0.6 is 0 Å². The Balaban J connectivity index is 2.48. The Morgan fingerprint density at radius 1 is 0.973 bits per heavy atom. The number of anilines is 1. The van der Waals surface area contributed by atoms with Crippen molar-refractivity contribution in [2.24, 2.45) is 0 Å². The van der Waals surface area contributed by atoms with Gasteiger partial charge in [-0.3, -0.25) is 9.59 Å². The molecule has 9 heteroatoms. The van der Waals surface area contributed by atoms with E-state index in [1.165, 1.54) is 19.0 Å². The van der Waals surface area contributed by atoms with Crippen molar-refractivity contribution in [1.29, 1.82) is 0 Å². The summed E-state index contributed by atoms with van der Waals surface area (Å²) in [4.78, 5) is 28.6. The topological polar surface area (TPSA) is 90.0 Å². The zero-order chi connectivity index (χ0) is 27.8. The Morgan fingerprint density at radius 2 is 1.62 bits per heavy atom. The third-order valence-electron chi connectivity index (χ3n) is 6.52. The molecule has 1 N–H and O–H groups in total.